The molecule has 1 aromatic heterocycles. The van der Waals surface area contributed by atoms with Crippen LogP contribution in [0, 0.1) is 5.92 Å². The van der Waals surface area contributed by atoms with Crippen LogP contribution >= 0.6 is 0 Å². The van der Waals surface area contributed by atoms with Gasteiger partial charge in [-0.3, -0.25) is 9.59 Å². The molecule has 0 spiro atoms. The summed E-state index contributed by atoms with van der Waals surface area (Å²) in [6.45, 7) is 4.70. The van der Waals surface area contributed by atoms with E-state index in [4.69, 9.17) is 9.15 Å². The molecule has 1 aromatic carbocycles. The number of hydrogen-bond acceptors (Lipinski definition) is 5. The Bertz CT molecular complexity index is 803. The lowest BCUT2D eigenvalue weighted by atomic mass is 9.84. The molecule has 5 rings (SSSR count). The molecular weight excluding hydrogens is 332 g/mol. The van der Waals surface area contributed by atoms with Gasteiger partial charge in [-0.1, -0.05) is 0 Å². The standard InChI is InChI=1S/C20H22N2O4/c1-13(23)18-6-7-19(26-18)25-16-4-2-15(3-5-16)20(24)21-17-12-22-10-8-14(17)9-11-22/h2-7,14,17H,8-12H2,1H3,(H,21,24). The van der Waals surface area contributed by atoms with Crippen LogP contribution in [0.3, 0.4) is 0 Å². The second-order valence-electron chi connectivity index (χ2n) is 7.02. The van der Waals surface area contributed by atoms with Gasteiger partial charge in [0.25, 0.3) is 11.9 Å². The van der Waals surface area contributed by atoms with Crippen molar-refractivity contribution in [3.8, 4) is 11.7 Å². The van der Waals surface area contributed by atoms with Gasteiger partial charge in [0.15, 0.2) is 11.5 Å². The highest BCUT2D eigenvalue weighted by Gasteiger charge is 2.34. The summed E-state index contributed by atoms with van der Waals surface area (Å²) in [5, 5.41) is 3.17. The summed E-state index contributed by atoms with van der Waals surface area (Å²) < 4.78 is 10.9. The molecule has 3 fully saturated rings. The van der Waals surface area contributed by atoms with Crippen LogP contribution in [-0.2, 0) is 0 Å². The number of Topliss-reactive ketones (excluding diaryl/α,β-unsaturated/α-hetero) is 1. The summed E-state index contributed by atoms with van der Waals surface area (Å²) in [5.74, 6) is 1.45. The smallest absolute Gasteiger partial charge is 0.290 e. The van der Waals surface area contributed by atoms with Gasteiger partial charge in [0.05, 0.1) is 0 Å². The predicted octanol–water partition coefficient (Wildman–Crippen LogP) is 3.10. The van der Waals surface area contributed by atoms with E-state index in [9.17, 15) is 9.59 Å². The molecule has 6 heteroatoms. The third-order valence-corrected chi connectivity index (χ3v) is 5.24. The van der Waals surface area contributed by atoms with E-state index >= 15 is 0 Å². The summed E-state index contributed by atoms with van der Waals surface area (Å²) in [5.41, 5.74) is 0.609. The zero-order valence-electron chi connectivity index (χ0n) is 14.7. The number of hydrogen-bond donors (Lipinski definition) is 1. The van der Waals surface area contributed by atoms with Crippen LogP contribution < -0.4 is 10.1 Å². The van der Waals surface area contributed by atoms with E-state index in [-0.39, 0.29) is 29.4 Å². The first kappa shape index (κ1) is 16.8. The van der Waals surface area contributed by atoms with Gasteiger partial charge in [0, 0.05) is 31.1 Å². The third kappa shape index (κ3) is 3.51. The average Bonchev–Trinajstić information content (AvgIpc) is 3.12. The Labute approximate surface area is 152 Å². The lowest BCUT2D eigenvalue weighted by Gasteiger charge is -2.44. The van der Waals surface area contributed by atoms with Gasteiger partial charge in [-0.25, -0.2) is 0 Å². The van der Waals surface area contributed by atoms with Gasteiger partial charge in [-0.15, -0.1) is 0 Å². The molecule has 1 amide bonds. The maximum Gasteiger partial charge on any atom is 0.290 e. The molecule has 26 heavy (non-hydrogen) atoms. The Kier molecular flexibility index (Phi) is 4.51. The first-order chi connectivity index (χ1) is 12.6. The number of nitrogens with zero attached hydrogens (tertiary/aromatic N) is 1. The molecule has 1 atom stereocenters. The van der Waals surface area contributed by atoms with Crippen molar-refractivity contribution in [2.75, 3.05) is 19.6 Å². The monoisotopic (exact) mass is 354 g/mol. The molecule has 0 aliphatic carbocycles. The van der Waals surface area contributed by atoms with Crippen LogP contribution in [0.1, 0.15) is 40.7 Å². The Morgan fingerprint density at radius 3 is 2.42 bits per heavy atom. The number of ketones is 1. The number of furan rings is 1. The number of carbonyl (C=O) groups is 2. The van der Waals surface area contributed by atoms with Crippen molar-refractivity contribution in [2.24, 2.45) is 5.92 Å². The van der Waals surface area contributed by atoms with Crippen LogP contribution in [0.2, 0.25) is 0 Å². The molecule has 2 bridgehead atoms. The Morgan fingerprint density at radius 1 is 1.12 bits per heavy atom. The molecule has 0 saturated carbocycles. The van der Waals surface area contributed by atoms with Crippen molar-refractivity contribution in [3.63, 3.8) is 0 Å². The molecule has 1 unspecified atom stereocenters. The summed E-state index contributed by atoms with van der Waals surface area (Å²) in [7, 11) is 0. The van der Waals surface area contributed by atoms with Gasteiger partial charge >= 0.3 is 0 Å². The molecule has 3 aliphatic heterocycles. The summed E-state index contributed by atoms with van der Waals surface area (Å²) >= 11 is 0. The molecule has 1 N–H and O–H groups in total. The van der Waals surface area contributed by atoms with Crippen molar-refractivity contribution < 1.29 is 18.7 Å². The van der Waals surface area contributed by atoms with Crippen molar-refractivity contribution in [1.82, 2.24) is 10.2 Å². The summed E-state index contributed by atoms with van der Waals surface area (Å²) in [6.07, 6.45) is 2.34. The maximum absolute atomic E-state index is 12.5. The van der Waals surface area contributed by atoms with Gasteiger partial charge in [-0.2, -0.15) is 0 Å². The van der Waals surface area contributed by atoms with E-state index < -0.39 is 0 Å². The largest absolute Gasteiger partial charge is 0.426 e. The molecular formula is C20H22N2O4. The minimum atomic E-state index is -0.153. The van der Waals surface area contributed by atoms with E-state index in [2.05, 4.69) is 10.2 Å². The van der Waals surface area contributed by atoms with E-state index in [0.29, 0.717) is 17.2 Å². The SMILES string of the molecule is CC(=O)c1ccc(Oc2ccc(C(=O)NC3CN4CCC3CC4)cc2)o1. The fraction of sp³-hybridized carbons (Fsp3) is 0.400. The number of benzene rings is 1. The van der Waals surface area contributed by atoms with Crippen LogP contribution in [0.15, 0.2) is 40.8 Å². The number of carbonyl (C=O) groups excluding carboxylic acids is 2. The maximum atomic E-state index is 12.5. The number of rotatable bonds is 5. The number of fused-ring (bicyclic) bond motifs is 3. The molecule has 3 saturated heterocycles. The number of nitrogens with one attached hydrogen (secondary N) is 1. The molecule has 136 valence electrons. The minimum absolute atomic E-state index is 0.0489. The highest BCUT2D eigenvalue weighted by Crippen LogP contribution is 2.28. The summed E-state index contributed by atoms with van der Waals surface area (Å²) in [4.78, 5) is 26.2. The molecule has 2 aromatic rings. The van der Waals surface area contributed by atoms with Gasteiger partial charge < -0.3 is 19.4 Å². The van der Waals surface area contributed by atoms with E-state index in [1.165, 1.54) is 19.8 Å². The van der Waals surface area contributed by atoms with Gasteiger partial charge in [0.2, 0.25) is 0 Å². The van der Waals surface area contributed by atoms with Crippen LogP contribution in [-0.4, -0.2) is 42.3 Å². The van der Waals surface area contributed by atoms with Crippen molar-refractivity contribution in [2.45, 2.75) is 25.8 Å². The van der Waals surface area contributed by atoms with Crippen molar-refractivity contribution in [3.05, 3.63) is 47.7 Å². The van der Waals surface area contributed by atoms with E-state index in [1.54, 1.807) is 36.4 Å². The number of piperidine rings is 3. The summed E-state index contributed by atoms with van der Waals surface area (Å²) in [6, 6.07) is 10.3. The molecule has 4 heterocycles. The third-order valence-electron chi connectivity index (χ3n) is 5.24. The highest BCUT2D eigenvalue weighted by atomic mass is 16.6. The van der Waals surface area contributed by atoms with Crippen LogP contribution in [0.5, 0.6) is 11.7 Å². The predicted molar refractivity (Wildman–Crippen MR) is 95.6 cm³/mol. The first-order valence-corrected chi connectivity index (χ1v) is 9.00. The lowest BCUT2D eigenvalue weighted by Crippen LogP contribution is -2.57. The lowest BCUT2D eigenvalue weighted by molar-refractivity contribution is 0.0620. The van der Waals surface area contributed by atoms with Gasteiger partial charge in [0.1, 0.15) is 5.75 Å². The molecule has 0 radical (unpaired) electrons. The van der Waals surface area contributed by atoms with Crippen molar-refractivity contribution >= 4 is 11.7 Å². The topological polar surface area (TPSA) is 71.8 Å². The number of amides is 1. The van der Waals surface area contributed by atoms with Gasteiger partial charge in [-0.05, 0) is 62.2 Å². The first-order valence-electron chi connectivity index (χ1n) is 9.00. The average molecular weight is 354 g/mol. The minimum Gasteiger partial charge on any atom is -0.426 e. The zero-order valence-corrected chi connectivity index (χ0v) is 14.7. The van der Waals surface area contributed by atoms with Crippen molar-refractivity contribution in [1.29, 1.82) is 0 Å². The second-order valence-corrected chi connectivity index (χ2v) is 7.02. The van der Waals surface area contributed by atoms with E-state index in [1.807, 2.05) is 0 Å². The Morgan fingerprint density at radius 2 is 1.85 bits per heavy atom. The Balaban J connectivity index is 1.37. The zero-order chi connectivity index (χ0) is 18.1. The normalized spacial score (nSPS) is 24.3. The van der Waals surface area contributed by atoms with Crippen LogP contribution in [0.25, 0.3) is 0 Å². The number of ether oxygens (including phenoxy) is 1. The fourth-order valence-corrected chi connectivity index (χ4v) is 3.74. The molecule has 3 aliphatic rings. The van der Waals surface area contributed by atoms with E-state index in [0.717, 1.165) is 19.6 Å². The quantitative estimate of drug-likeness (QED) is 0.836. The second kappa shape index (κ2) is 6.96. The van der Waals surface area contributed by atoms with Crippen LogP contribution in [0.4, 0.5) is 0 Å². The Hall–Kier alpha value is -2.60. The fourth-order valence-electron chi connectivity index (χ4n) is 3.74. The highest BCUT2D eigenvalue weighted by molar-refractivity contribution is 5.94. The molecule has 6 nitrogen and oxygen atoms in total.